The second-order valence-corrected chi connectivity index (χ2v) is 7.68. The summed E-state index contributed by atoms with van der Waals surface area (Å²) in [7, 11) is 0. The van der Waals surface area contributed by atoms with Gasteiger partial charge in [0.15, 0.2) is 0 Å². The number of hydrogen-bond donors (Lipinski definition) is 8. The van der Waals surface area contributed by atoms with Crippen molar-refractivity contribution in [1.29, 1.82) is 0 Å². The van der Waals surface area contributed by atoms with E-state index in [2.05, 4.69) is 10.6 Å². The zero-order valence-electron chi connectivity index (χ0n) is 18.8. The van der Waals surface area contributed by atoms with E-state index in [0.717, 1.165) is 5.56 Å². The number of nitrogens with two attached hydrogens (primary N) is 3. The summed E-state index contributed by atoms with van der Waals surface area (Å²) in [6.07, 6.45) is -1.10. The van der Waals surface area contributed by atoms with E-state index in [9.17, 15) is 28.8 Å². The Bertz CT molecular complexity index is 926. The Hall–Kier alpha value is -4.04. The predicted octanol–water partition coefficient (Wildman–Crippen LogP) is -3.77. The Morgan fingerprint density at radius 1 is 0.800 bits per heavy atom. The summed E-state index contributed by atoms with van der Waals surface area (Å²) >= 11 is 0. The normalized spacial score (nSPS) is 14.0. The number of primary amides is 2. The van der Waals surface area contributed by atoms with Crippen molar-refractivity contribution in [2.24, 2.45) is 17.2 Å². The molecule has 1 rings (SSSR count). The Morgan fingerprint density at radius 3 is 1.86 bits per heavy atom. The molecule has 0 heterocycles. The van der Waals surface area contributed by atoms with Crippen LogP contribution in [0.25, 0.3) is 0 Å². The van der Waals surface area contributed by atoms with Crippen molar-refractivity contribution in [1.82, 2.24) is 16.0 Å². The average Bonchev–Trinajstić information content (AvgIpc) is 2.79. The highest BCUT2D eigenvalue weighted by Gasteiger charge is 2.31. The molecule has 0 spiro atoms. The highest BCUT2D eigenvalue weighted by molar-refractivity contribution is 5.96. The van der Waals surface area contributed by atoms with Crippen LogP contribution < -0.4 is 33.2 Å². The lowest BCUT2D eigenvalue weighted by Gasteiger charge is -2.24. The van der Waals surface area contributed by atoms with Crippen LogP contribution in [0.3, 0.4) is 0 Å². The molecule has 0 aliphatic carbocycles. The van der Waals surface area contributed by atoms with Gasteiger partial charge in [-0.1, -0.05) is 30.3 Å². The van der Waals surface area contributed by atoms with Gasteiger partial charge in [-0.25, -0.2) is 4.79 Å². The quantitative estimate of drug-likeness (QED) is 0.119. The largest absolute Gasteiger partial charge is 0.480 e. The van der Waals surface area contributed by atoms with Crippen LogP contribution in [0.5, 0.6) is 0 Å². The third-order valence-corrected chi connectivity index (χ3v) is 4.78. The van der Waals surface area contributed by atoms with E-state index in [1.165, 1.54) is 0 Å². The van der Waals surface area contributed by atoms with Crippen molar-refractivity contribution in [3.63, 3.8) is 0 Å². The molecule has 4 atom stereocenters. The highest BCUT2D eigenvalue weighted by atomic mass is 16.4. The van der Waals surface area contributed by atoms with Gasteiger partial charge in [0.2, 0.25) is 29.5 Å². The summed E-state index contributed by atoms with van der Waals surface area (Å²) in [6, 6.07) is 3.09. The summed E-state index contributed by atoms with van der Waals surface area (Å²) in [5, 5.41) is 24.6. The molecule has 11 N–H and O–H groups in total. The number of aliphatic carboxylic acids is 1. The van der Waals surface area contributed by atoms with E-state index in [1.54, 1.807) is 30.3 Å². The van der Waals surface area contributed by atoms with Crippen LogP contribution in [0.15, 0.2) is 30.3 Å². The monoisotopic (exact) mass is 494 g/mol. The summed E-state index contributed by atoms with van der Waals surface area (Å²) in [5.74, 6) is -6.11. The van der Waals surface area contributed by atoms with Gasteiger partial charge >= 0.3 is 5.97 Å². The van der Waals surface area contributed by atoms with Crippen LogP contribution in [0, 0.1) is 0 Å². The van der Waals surface area contributed by atoms with Crippen molar-refractivity contribution in [2.75, 3.05) is 6.61 Å². The fraction of sp³-hybridized carbons (Fsp3) is 0.429. The molecule has 1 aromatic rings. The second kappa shape index (κ2) is 14.3. The van der Waals surface area contributed by atoms with E-state index < -0.39 is 72.7 Å². The van der Waals surface area contributed by atoms with Gasteiger partial charge in [0.25, 0.3) is 0 Å². The molecule has 35 heavy (non-hydrogen) atoms. The molecule has 14 heteroatoms. The number of aliphatic hydroxyl groups is 1. The first-order chi connectivity index (χ1) is 16.4. The average molecular weight is 495 g/mol. The van der Waals surface area contributed by atoms with Crippen molar-refractivity contribution >= 4 is 35.5 Å². The summed E-state index contributed by atoms with van der Waals surface area (Å²) in [5.41, 5.74) is 16.9. The zero-order valence-corrected chi connectivity index (χ0v) is 18.8. The molecule has 0 saturated carbocycles. The number of aliphatic hydroxyl groups excluding tert-OH is 1. The van der Waals surface area contributed by atoms with Gasteiger partial charge in [-0.15, -0.1) is 0 Å². The Balaban J connectivity index is 2.97. The number of carboxylic acids is 1. The highest BCUT2D eigenvalue weighted by Crippen LogP contribution is 2.05. The SMILES string of the molecule is NC(=O)CCC(NC(=O)C(N)Cc1ccccc1)C(=O)NC(CC(N)=O)C(=O)NC(CO)C(=O)O. The van der Waals surface area contributed by atoms with Gasteiger partial charge in [0, 0.05) is 6.42 Å². The molecular formula is C21H30N6O8. The van der Waals surface area contributed by atoms with Gasteiger partial charge in [-0.2, -0.15) is 0 Å². The number of carboxylic acid groups (broad SMARTS) is 1. The molecule has 0 radical (unpaired) electrons. The molecule has 0 bridgehead atoms. The lowest BCUT2D eigenvalue weighted by molar-refractivity contribution is -0.143. The van der Waals surface area contributed by atoms with Gasteiger partial charge in [0.1, 0.15) is 18.1 Å². The topological polar surface area (TPSA) is 257 Å². The molecule has 192 valence electrons. The summed E-state index contributed by atoms with van der Waals surface area (Å²) in [6.45, 7) is -0.949. The van der Waals surface area contributed by atoms with Crippen LogP contribution >= 0.6 is 0 Å². The Labute approximate surface area is 200 Å². The van der Waals surface area contributed by atoms with E-state index >= 15 is 0 Å². The van der Waals surface area contributed by atoms with E-state index in [1.807, 2.05) is 5.32 Å². The molecule has 0 saturated heterocycles. The van der Waals surface area contributed by atoms with Crippen LogP contribution in [-0.2, 0) is 35.2 Å². The molecule has 4 unspecified atom stereocenters. The van der Waals surface area contributed by atoms with E-state index in [0.29, 0.717) is 0 Å². The Kier molecular flexibility index (Phi) is 11.8. The van der Waals surface area contributed by atoms with Crippen molar-refractivity contribution in [3.05, 3.63) is 35.9 Å². The van der Waals surface area contributed by atoms with Gasteiger partial charge in [-0.3, -0.25) is 24.0 Å². The summed E-state index contributed by atoms with van der Waals surface area (Å²) < 4.78 is 0. The van der Waals surface area contributed by atoms with Crippen LogP contribution in [0.4, 0.5) is 0 Å². The Morgan fingerprint density at radius 2 is 1.34 bits per heavy atom. The lowest BCUT2D eigenvalue weighted by Crippen LogP contribution is -2.58. The number of carbonyl (C=O) groups excluding carboxylic acids is 5. The maximum absolute atomic E-state index is 12.8. The van der Waals surface area contributed by atoms with Crippen LogP contribution in [0.2, 0.25) is 0 Å². The van der Waals surface area contributed by atoms with Crippen molar-refractivity contribution < 1.29 is 39.0 Å². The number of carbonyl (C=O) groups is 6. The number of hydrogen-bond acceptors (Lipinski definition) is 8. The smallest absolute Gasteiger partial charge is 0.328 e. The van der Waals surface area contributed by atoms with Crippen molar-refractivity contribution in [3.8, 4) is 0 Å². The number of rotatable bonds is 15. The maximum atomic E-state index is 12.8. The standard InChI is InChI=1S/C21H30N6O8/c22-12(8-11-4-2-1-3-5-11)18(31)25-13(6-7-16(23)29)19(32)26-14(9-17(24)30)20(33)27-15(10-28)21(34)35/h1-5,12-15,28H,6-10,22H2,(H2,23,29)(H2,24,30)(H,25,31)(H,26,32)(H,27,33)(H,34,35). The predicted molar refractivity (Wildman–Crippen MR) is 121 cm³/mol. The molecule has 0 aliphatic heterocycles. The van der Waals surface area contributed by atoms with E-state index in [4.69, 9.17) is 27.4 Å². The first kappa shape index (κ1) is 29.0. The minimum atomic E-state index is -1.70. The summed E-state index contributed by atoms with van der Waals surface area (Å²) in [4.78, 5) is 71.5. The number of benzene rings is 1. The molecule has 14 nitrogen and oxygen atoms in total. The first-order valence-corrected chi connectivity index (χ1v) is 10.6. The van der Waals surface area contributed by atoms with Crippen LogP contribution in [0.1, 0.15) is 24.8 Å². The lowest BCUT2D eigenvalue weighted by atomic mass is 10.0. The number of nitrogens with one attached hydrogen (secondary N) is 3. The molecule has 5 amide bonds. The molecule has 0 fully saturated rings. The van der Waals surface area contributed by atoms with E-state index in [-0.39, 0.29) is 19.3 Å². The minimum absolute atomic E-state index is 0.154. The molecule has 0 aliphatic rings. The third-order valence-electron chi connectivity index (χ3n) is 4.78. The minimum Gasteiger partial charge on any atom is -0.480 e. The maximum Gasteiger partial charge on any atom is 0.328 e. The van der Waals surface area contributed by atoms with Crippen molar-refractivity contribution in [2.45, 2.75) is 49.9 Å². The fourth-order valence-electron chi connectivity index (χ4n) is 2.94. The van der Waals surface area contributed by atoms with Gasteiger partial charge in [0.05, 0.1) is 19.1 Å². The zero-order chi connectivity index (χ0) is 26.5. The number of amides is 5. The first-order valence-electron chi connectivity index (χ1n) is 10.6. The third kappa shape index (κ3) is 10.6. The molecule has 1 aromatic carbocycles. The van der Waals surface area contributed by atoms with Crippen LogP contribution in [-0.4, -0.2) is 76.5 Å². The van der Waals surface area contributed by atoms with Gasteiger partial charge in [-0.05, 0) is 18.4 Å². The van der Waals surface area contributed by atoms with Gasteiger partial charge < -0.3 is 43.4 Å². The molecular weight excluding hydrogens is 464 g/mol. The fourth-order valence-corrected chi connectivity index (χ4v) is 2.94. The molecule has 0 aromatic heterocycles. The second-order valence-electron chi connectivity index (χ2n) is 7.68.